The number of aliphatic carboxylic acids is 1. The topological polar surface area (TPSA) is 100 Å². The van der Waals surface area contributed by atoms with Gasteiger partial charge in [-0.2, -0.15) is 0 Å². The molecule has 21 heavy (non-hydrogen) atoms. The van der Waals surface area contributed by atoms with E-state index in [1.165, 1.54) is 6.33 Å². The van der Waals surface area contributed by atoms with Gasteiger partial charge in [0.25, 0.3) is 0 Å². The van der Waals surface area contributed by atoms with E-state index in [1.54, 1.807) is 11.0 Å². The molecule has 8 heteroatoms. The second kappa shape index (κ2) is 5.97. The first-order valence-corrected chi connectivity index (χ1v) is 8.61. The third-order valence-electron chi connectivity index (χ3n) is 3.51. The smallest absolute Gasteiger partial charge is 0.323 e. The van der Waals surface area contributed by atoms with Crippen molar-refractivity contribution in [3.05, 3.63) is 18.1 Å². The van der Waals surface area contributed by atoms with Crippen molar-refractivity contribution in [3.63, 3.8) is 0 Å². The Morgan fingerprint density at radius 1 is 1.48 bits per heavy atom. The van der Waals surface area contributed by atoms with E-state index in [0.717, 1.165) is 5.69 Å². The van der Waals surface area contributed by atoms with E-state index in [9.17, 15) is 13.2 Å². The summed E-state index contributed by atoms with van der Waals surface area (Å²) < 4.78 is 23.3. The first-order chi connectivity index (χ1) is 9.78. The molecule has 1 aromatic rings. The number of anilines is 1. The number of hydrogen-bond donors (Lipinski definition) is 1. The molecule has 0 aromatic carbocycles. The van der Waals surface area contributed by atoms with Crippen LogP contribution in [0.2, 0.25) is 0 Å². The quantitative estimate of drug-likeness (QED) is 0.853. The number of carbonyl (C=O) groups is 1. The Morgan fingerprint density at radius 3 is 2.71 bits per heavy atom. The van der Waals surface area contributed by atoms with Gasteiger partial charge in [-0.1, -0.05) is 13.8 Å². The van der Waals surface area contributed by atoms with Crippen LogP contribution < -0.4 is 4.90 Å². The highest BCUT2D eigenvalue weighted by Gasteiger charge is 2.34. The highest BCUT2D eigenvalue weighted by Crippen LogP contribution is 2.24. The Hall–Kier alpha value is -1.70. The van der Waals surface area contributed by atoms with Crippen LogP contribution in [0.5, 0.6) is 0 Å². The zero-order valence-corrected chi connectivity index (χ0v) is 12.9. The second-order valence-electron chi connectivity index (χ2n) is 5.53. The van der Waals surface area contributed by atoms with Gasteiger partial charge in [0.1, 0.15) is 18.7 Å². The molecule has 0 aliphatic carbocycles. The second-order valence-corrected chi connectivity index (χ2v) is 7.76. The van der Waals surface area contributed by atoms with Crippen LogP contribution in [0.1, 0.15) is 31.9 Å². The molecule has 116 valence electrons. The molecule has 1 aliphatic heterocycles. The fraction of sp³-hybridized carbons (Fsp3) is 0.615. The van der Waals surface area contributed by atoms with Crippen LogP contribution in [0.25, 0.3) is 0 Å². The van der Waals surface area contributed by atoms with Crippen molar-refractivity contribution in [2.24, 2.45) is 0 Å². The summed E-state index contributed by atoms with van der Waals surface area (Å²) in [7, 11) is -3.09. The Balaban J connectivity index is 2.32. The molecule has 0 saturated carbocycles. The summed E-state index contributed by atoms with van der Waals surface area (Å²) in [5.41, 5.74) is 0.802. The van der Waals surface area contributed by atoms with E-state index in [2.05, 4.69) is 9.97 Å². The molecule has 1 saturated heterocycles. The Morgan fingerprint density at radius 2 is 2.19 bits per heavy atom. The van der Waals surface area contributed by atoms with Crippen molar-refractivity contribution < 1.29 is 18.3 Å². The fourth-order valence-corrected chi connectivity index (χ4v) is 4.13. The predicted molar refractivity (Wildman–Crippen MR) is 78.2 cm³/mol. The molecule has 2 heterocycles. The van der Waals surface area contributed by atoms with Gasteiger partial charge in [0.15, 0.2) is 9.84 Å². The average Bonchev–Trinajstić information content (AvgIpc) is 2.76. The van der Waals surface area contributed by atoms with Gasteiger partial charge in [0.2, 0.25) is 0 Å². The van der Waals surface area contributed by atoms with E-state index in [1.807, 2.05) is 13.8 Å². The minimum atomic E-state index is -3.09. The highest BCUT2D eigenvalue weighted by molar-refractivity contribution is 7.91. The lowest BCUT2D eigenvalue weighted by Crippen LogP contribution is -2.40. The van der Waals surface area contributed by atoms with E-state index in [4.69, 9.17) is 5.11 Å². The maximum Gasteiger partial charge on any atom is 0.323 e. The van der Waals surface area contributed by atoms with Gasteiger partial charge in [-0.05, 0) is 12.3 Å². The van der Waals surface area contributed by atoms with Gasteiger partial charge in [-0.15, -0.1) is 0 Å². The van der Waals surface area contributed by atoms with Crippen molar-refractivity contribution in [3.8, 4) is 0 Å². The Labute approximate surface area is 123 Å². The van der Waals surface area contributed by atoms with E-state index >= 15 is 0 Å². The van der Waals surface area contributed by atoms with Crippen LogP contribution in [0.4, 0.5) is 5.82 Å². The van der Waals surface area contributed by atoms with E-state index in [-0.39, 0.29) is 30.0 Å². The molecule has 1 fully saturated rings. The minimum absolute atomic E-state index is 0.0265. The molecule has 1 atom stereocenters. The molecule has 0 amide bonds. The van der Waals surface area contributed by atoms with Crippen molar-refractivity contribution in [1.82, 2.24) is 9.97 Å². The normalized spacial score (nSPS) is 20.6. The molecule has 7 nitrogen and oxygen atoms in total. The van der Waals surface area contributed by atoms with Crippen molar-refractivity contribution in [2.45, 2.75) is 32.2 Å². The number of carboxylic acid groups (broad SMARTS) is 1. The standard InChI is InChI=1S/C13H19N3O4S/c1-9(2)11-5-12(15-8-14-11)16(6-13(17)18)10-3-4-21(19,20)7-10/h5,8-10H,3-4,6-7H2,1-2H3,(H,17,18). The summed E-state index contributed by atoms with van der Waals surface area (Å²) >= 11 is 0. The zero-order chi connectivity index (χ0) is 15.6. The maximum atomic E-state index is 11.6. The molecule has 1 unspecified atom stereocenters. The molecule has 1 aromatic heterocycles. The number of nitrogens with zero attached hydrogens (tertiary/aromatic N) is 3. The van der Waals surface area contributed by atoms with Crippen LogP contribution in [-0.2, 0) is 14.6 Å². The van der Waals surface area contributed by atoms with Crippen LogP contribution in [-0.4, -0.2) is 53.6 Å². The number of hydrogen-bond acceptors (Lipinski definition) is 6. The van der Waals surface area contributed by atoms with Gasteiger partial charge in [-0.25, -0.2) is 18.4 Å². The summed E-state index contributed by atoms with van der Waals surface area (Å²) in [6.07, 6.45) is 1.82. The lowest BCUT2D eigenvalue weighted by molar-refractivity contribution is -0.135. The fourth-order valence-electron chi connectivity index (χ4n) is 2.40. The molecular formula is C13H19N3O4S. The molecule has 0 radical (unpaired) electrons. The number of rotatable bonds is 5. The summed E-state index contributed by atoms with van der Waals surface area (Å²) in [5, 5.41) is 9.08. The largest absolute Gasteiger partial charge is 0.480 e. The summed E-state index contributed by atoms with van der Waals surface area (Å²) in [5.74, 6) is -0.287. The summed E-state index contributed by atoms with van der Waals surface area (Å²) in [6, 6.07) is 1.39. The van der Waals surface area contributed by atoms with Crippen LogP contribution in [0.15, 0.2) is 12.4 Å². The molecule has 2 rings (SSSR count). The van der Waals surface area contributed by atoms with Crippen molar-refractivity contribution in [2.75, 3.05) is 23.0 Å². The van der Waals surface area contributed by atoms with Gasteiger partial charge in [0, 0.05) is 17.8 Å². The van der Waals surface area contributed by atoms with Gasteiger partial charge in [0.05, 0.1) is 11.5 Å². The van der Waals surface area contributed by atoms with Gasteiger partial charge in [-0.3, -0.25) is 4.79 Å². The molecule has 1 aliphatic rings. The van der Waals surface area contributed by atoms with E-state index in [0.29, 0.717) is 12.2 Å². The van der Waals surface area contributed by atoms with Crippen molar-refractivity contribution >= 4 is 21.6 Å². The highest BCUT2D eigenvalue weighted by atomic mass is 32.2. The lowest BCUT2D eigenvalue weighted by atomic mass is 10.1. The first kappa shape index (κ1) is 15.7. The molecule has 0 spiro atoms. The molecule has 0 bridgehead atoms. The number of carboxylic acids is 1. The summed E-state index contributed by atoms with van der Waals surface area (Å²) in [4.78, 5) is 20.9. The van der Waals surface area contributed by atoms with Crippen LogP contribution >= 0.6 is 0 Å². The number of sulfone groups is 1. The average molecular weight is 313 g/mol. The zero-order valence-electron chi connectivity index (χ0n) is 12.1. The monoisotopic (exact) mass is 313 g/mol. The van der Waals surface area contributed by atoms with E-state index < -0.39 is 15.8 Å². The van der Waals surface area contributed by atoms with Crippen LogP contribution in [0.3, 0.4) is 0 Å². The third-order valence-corrected chi connectivity index (χ3v) is 5.26. The number of aromatic nitrogens is 2. The minimum Gasteiger partial charge on any atom is -0.480 e. The third kappa shape index (κ3) is 3.90. The van der Waals surface area contributed by atoms with Crippen molar-refractivity contribution in [1.29, 1.82) is 0 Å². The molecular weight excluding hydrogens is 294 g/mol. The molecule has 1 N–H and O–H groups in total. The first-order valence-electron chi connectivity index (χ1n) is 6.79. The van der Waals surface area contributed by atoms with Crippen LogP contribution in [0, 0.1) is 0 Å². The maximum absolute atomic E-state index is 11.6. The van der Waals surface area contributed by atoms with Gasteiger partial charge < -0.3 is 10.0 Å². The lowest BCUT2D eigenvalue weighted by Gasteiger charge is -2.27. The summed E-state index contributed by atoms with van der Waals surface area (Å²) in [6.45, 7) is 3.69. The Kier molecular flexibility index (Phi) is 4.46. The van der Waals surface area contributed by atoms with Gasteiger partial charge >= 0.3 is 5.97 Å². The predicted octanol–water partition coefficient (Wildman–Crippen LogP) is 0.678. The SMILES string of the molecule is CC(C)c1cc(N(CC(=O)O)C2CCS(=O)(=O)C2)ncn1. The Bertz CT molecular complexity index is 630.